The molecule has 0 aliphatic rings. The third-order valence-electron chi connectivity index (χ3n) is 2.83. The summed E-state index contributed by atoms with van der Waals surface area (Å²) in [6.07, 6.45) is 0.911. The van der Waals surface area contributed by atoms with Gasteiger partial charge in [0, 0.05) is 18.3 Å². The molecule has 1 aromatic rings. The zero-order chi connectivity index (χ0) is 13.6. The molecule has 0 aromatic heterocycles. The smallest absolute Gasteiger partial charge is 0.150 e. The van der Waals surface area contributed by atoms with Gasteiger partial charge in [-0.25, -0.2) is 12.8 Å². The fourth-order valence-corrected chi connectivity index (χ4v) is 3.33. The zero-order valence-electron chi connectivity index (χ0n) is 10.5. The average molecular weight is 274 g/mol. The van der Waals surface area contributed by atoms with Gasteiger partial charge in [-0.05, 0) is 30.5 Å². The second-order valence-electron chi connectivity index (χ2n) is 4.37. The summed E-state index contributed by atoms with van der Waals surface area (Å²) in [5.74, 6) is -0.508. The fourth-order valence-electron chi connectivity index (χ4n) is 1.86. The first-order valence-electron chi connectivity index (χ1n) is 6.05. The molecule has 5 heteroatoms. The fraction of sp³-hybridized carbons (Fsp3) is 0.538. The van der Waals surface area contributed by atoms with E-state index < -0.39 is 9.84 Å². The topological polar surface area (TPSA) is 54.4 Å². The largest absolute Gasteiger partial charge is 0.396 e. The van der Waals surface area contributed by atoms with Crippen LogP contribution in [0.1, 0.15) is 31.2 Å². The second-order valence-corrected chi connectivity index (χ2v) is 6.68. The Kier molecular flexibility index (Phi) is 5.75. The zero-order valence-corrected chi connectivity index (χ0v) is 11.3. The van der Waals surface area contributed by atoms with Crippen LogP contribution in [0.3, 0.4) is 0 Å². The summed E-state index contributed by atoms with van der Waals surface area (Å²) in [4.78, 5) is 0. The lowest BCUT2D eigenvalue weighted by Crippen LogP contribution is -2.15. The summed E-state index contributed by atoms with van der Waals surface area (Å²) in [7, 11) is -3.06. The van der Waals surface area contributed by atoms with Crippen molar-refractivity contribution in [2.24, 2.45) is 0 Å². The van der Waals surface area contributed by atoms with Crippen molar-refractivity contribution in [1.29, 1.82) is 0 Å². The molecule has 0 heterocycles. The van der Waals surface area contributed by atoms with Crippen LogP contribution in [0.5, 0.6) is 0 Å². The van der Waals surface area contributed by atoms with Crippen molar-refractivity contribution < 1.29 is 17.9 Å². The molecule has 102 valence electrons. The van der Waals surface area contributed by atoms with Gasteiger partial charge in [0.1, 0.15) is 15.7 Å². The van der Waals surface area contributed by atoms with Gasteiger partial charge in [0.15, 0.2) is 0 Å². The van der Waals surface area contributed by atoms with Crippen LogP contribution in [-0.2, 0) is 9.84 Å². The van der Waals surface area contributed by atoms with E-state index in [0.29, 0.717) is 18.4 Å². The highest BCUT2D eigenvalue weighted by Gasteiger charge is 2.16. The number of hydrogen-bond donors (Lipinski definition) is 1. The number of aliphatic hydroxyl groups is 1. The van der Waals surface area contributed by atoms with E-state index in [1.165, 1.54) is 12.1 Å². The van der Waals surface area contributed by atoms with E-state index in [1.54, 1.807) is 12.1 Å². The van der Waals surface area contributed by atoms with Crippen LogP contribution in [-0.4, -0.2) is 31.6 Å². The minimum Gasteiger partial charge on any atom is -0.396 e. The van der Waals surface area contributed by atoms with Crippen LogP contribution in [0.15, 0.2) is 24.3 Å². The first-order valence-corrected chi connectivity index (χ1v) is 7.87. The summed E-state index contributed by atoms with van der Waals surface area (Å²) in [5.41, 5.74) is 0.643. The highest BCUT2D eigenvalue weighted by Crippen LogP contribution is 2.20. The molecule has 0 aliphatic carbocycles. The van der Waals surface area contributed by atoms with Crippen molar-refractivity contribution in [1.82, 2.24) is 0 Å². The van der Waals surface area contributed by atoms with Crippen molar-refractivity contribution in [3.8, 4) is 0 Å². The molecule has 0 saturated carbocycles. The summed E-state index contributed by atoms with van der Waals surface area (Å²) in [6.45, 7) is 1.64. The van der Waals surface area contributed by atoms with Gasteiger partial charge < -0.3 is 5.11 Å². The molecule has 18 heavy (non-hydrogen) atoms. The van der Waals surface area contributed by atoms with Gasteiger partial charge in [0.2, 0.25) is 0 Å². The normalized spacial score (nSPS) is 13.5. The number of halogens is 1. The van der Waals surface area contributed by atoms with E-state index in [2.05, 4.69) is 0 Å². The number of benzene rings is 1. The first-order chi connectivity index (χ1) is 8.48. The van der Waals surface area contributed by atoms with Crippen LogP contribution < -0.4 is 0 Å². The van der Waals surface area contributed by atoms with Crippen LogP contribution in [0, 0.1) is 5.82 Å². The summed E-state index contributed by atoms with van der Waals surface area (Å²) in [5, 5.41) is 9.28. The van der Waals surface area contributed by atoms with Gasteiger partial charge >= 0.3 is 0 Å². The van der Waals surface area contributed by atoms with E-state index in [-0.39, 0.29) is 29.8 Å². The maximum absolute atomic E-state index is 13.1. The minimum absolute atomic E-state index is 0.0303. The van der Waals surface area contributed by atoms with Gasteiger partial charge in [-0.2, -0.15) is 0 Å². The Labute approximate surface area is 108 Å². The molecule has 0 bridgehead atoms. The quantitative estimate of drug-likeness (QED) is 0.828. The van der Waals surface area contributed by atoms with E-state index in [4.69, 9.17) is 0 Å². The standard InChI is InChI=1S/C13H19FO3S/c1-2-7-18(16,17)8-6-12(10-15)11-4-3-5-13(14)9-11/h3-5,9,12,15H,2,6-8,10H2,1H3. The predicted molar refractivity (Wildman–Crippen MR) is 69.8 cm³/mol. The van der Waals surface area contributed by atoms with Crippen LogP contribution in [0.2, 0.25) is 0 Å². The lowest BCUT2D eigenvalue weighted by atomic mass is 9.97. The molecule has 1 N–H and O–H groups in total. The number of hydrogen-bond acceptors (Lipinski definition) is 3. The van der Waals surface area contributed by atoms with Crippen LogP contribution in [0.25, 0.3) is 0 Å². The number of rotatable bonds is 7. The Morgan fingerprint density at radius 3 is 2.61 bits per heavy atom. The van der Waals surface area contributed by atoms with E-state index in [9.17, 15) is 17.9 Å². The highest BCUT2D eigenvalue weighted by atomic mass is 32.2. The number of sulfone groups is 1. The van der Waals surface area contributed by atoms with E-state index in [1.807, 2.05) is 6.92 Å². The summed E-state index contributed by atoms with van der Waals surface area (Å²) < 4.78 is 36.2. The second kappa shape index (κ2) is 6.85. The Bertz CT molecular complexity index is 471. The van der Waals surface area contributed by atoms with Gasteiger partial charge in [0.25, 0.3) is 0 Å². The Hall–Kier alpha value is -0.940. The van der Waals surface area contributed by atoms with E-state index >= 15 is 0 Å². The molecule has 0 spiro atoms. The molecule has 0 aliphatic heterocycles. The molecule has 1 rings (SSSR count). The lowest BCUT2D eigenvalue weighted by Gasteiger charge is -2.14. The van der Waals surface area contributed by atoms with Crippen molar-refractivity contribution in [2.75, 3.05) is 18.1 Å². The predicted octanol–water partition coefficient (Wildman–Crippen LogP) is 2.12. The number of aliphatic hydroxyl groups excluding tert-OH is 1. The Morgan fingerprint density at radius 1 is 1.33 bits per heavy atom. The van der Waals surface area contributed by atoms with Crippen molar-refractivity contribution in [3.63, 3.8) is 0 Å². The molecule has 0 amide bonds. The molecule has 1 aromatic carbocycles. The molecule has 1 unspecified atom stereocenters. The highest BCUT2D eigenvalue weighted by molar-refractivity contribution is 7.91. The Balaban J connectivity index is 2.69. The van der Waals surface area contributed by atoms with Crippen LogP contribution >= 0.6 is 0 Å². The van der Waals surface area contributed by atoms with Gasteiger partial charge in [-0.1, -0.05) is 19.1 Å². The summed E-state index contributed by atoms with van der Waals surface area (Å²) >= 11 is 0. The lowest BCUT2D eigenvalue weighted by molar-refractivity contribution is 0.262. The minimum atomic E-state index is -3.06. The monoisotopic (exact) mass is 274 g/mol. The van der Waals surface area contributed by atoms with Gasteiger partial charge in [-0.15, -0.1) is 0 Å². The SMILES string of the molecule is CCCS(=O)(=O)CCC(CO)c1cccc(F)c1. The Morgan fingerprint density at radius 2 is 2.06 bits per heavy atom. The maximum Gasteiger partial charge on any atom is 0.150 e. The molecular formula is C13H19FO3S. The molecule has 0 saturated heterocycles. The van der Waals surface area contributed by atoms with Crippen molar-refractivity contribution in [3.05, 3.63) is 35.6 Å². The third kappa shape index (κ3) is 4.74. The third-order valence-corrected chi connectivity index (χ3v) is 4.72. The molecule has 1 atom stereocenters. The average Bonchev–Trinajstić information content (AvgIpc) is 2.29. The molecular weight excluding hydrogens is 255 g/mol. The van der Waals surface area contributed by atoms with Crippen molar-refractivity contribution in [2.45, 2.75) is 25.7 Å². The summed E-state index contributed by atoms with van der Waals surface area (Å²) in [6, 6.07) is 5.93. The van der Waals surface area contributed by atoms with Gasteiger partial charge in [0.05, 0.1) is 5.75 Å². The van der Waals surface area contributed by atoms with E-state index in [0.717, 1.165) is 0 Å². The first kappa shape index (κ1) is 15.1. The van der Waals surface area contributed by atoms with Gasteiger partial charge in [-0.3, -0.25) is 0 Å². The maximum atomic E-state index is 13.1. The molecule has 0 fully saturated rings. The molecule has 0 radical (unpaired) electrons. The van der Waals surface area contributed by atoms with Crippen LogP contribution in [0.4, 0.5) is 4.39 Å². The molecule has 3 nitrogen and oxygen atoms in total. The van der Waals surface area contributed by atoms with Crippen molar-refractivity contribution >= 4 is 9.84 Å².